The minimum atomic E-state index is -0.156. The van der Waals surface area contributed by atoms with Crippen LogP contribution in [0.1, 0.15) is 95.6 Å². The Hall–Kier alpha value is -5.24. The van der Waals surface area contributed by atoms with Gasteiger partial charge in [0.05, 0.1) is 60.8 Å². The fraction of sp³-hybridized carbons (Fsp3) is 0.520. The van der Waals surface area contributed by atoms with E-state index in [1.807, 2.05) is 27.0 Å². The second kappa shape index (κ2) is 18.1. The molecule has 2 atom stereocenters. The van der Waals surface area contributed by atoms with E-state index in [0.717, 1.165) is 96.4 Å². The number of carbonyl (C=O) groups is 2. The molecule has 0 bridgehead atoms. The van der Waals surface area contributed by atoms with Crippen LogP contribution in [-0.4, -0.2) is 79.5 Å². The molecule has 0 unspecified atom stereocenters. The summed E-state index contributed by atoms with van der Waals surface area (Å²) in [6.07, 6.45) is 13.5. The summed E-state index contributed by atoms with van der Waals surface area (Å²) in [5.41, 5.74) is 7.59. The number of nitrogens with zero attached hydrogens (tertiary/aromatic N) is 7. The number of amides is 2. The van der Waals surface area contributed by atoms with Gasteiger partial charge in [-0.3, -0.25) is 14.4 Å². The highest BCUT2D eigenvalue weighted by molar-refractivity contribution is 6.01. The van der Waals surface area contributed by atoms with E-state index in [0.29, 0.717) is 51.2 Å². The molecule has 2 saturated heterocycles. The molecule has 2 aliphatic carbocycles. The number of anilines is 8. The molecule has 63 heavy (non-hydrogen) atoms. The summed E-state index contributed by atoms with van der Waals surface area (Å²) in [7, 11) is 1.77. The second-order valence-electron chi connectivity index (χ2n) is 18.6. The molecule has 10 rings (SSSR count). The van der Waals surface area contributed by atoms with Crippen LogP contribution < -0.4 is 30.0 Å². The van der Waals surface area contributed by atoms with Gasteiger partial charge in [-0.05, 0) is 133 Å². The number of hydrogen-bond donors (Lipinski definition) is 1. The zero-order chi connectivity index (χ0) is 43.0. The zero-order valence-electron chi connectivity index (χ0n) is 37.1. The van der Waals surface area contributed by atoms with E-state index in [1.54, 1.807) is 19.5 Å². The number of carbonyl (C=O) groups excluding carboxylic acids is 2. The lowest BCUT2D eigenvalue weighted by Gasteiger charge is -2.39. The Bertz CT molecular complexity index is 2290. The molecule has 13 heteroatoms. The molecule has 4 fully saturated rings. The minimum Gasteiger partial charge on any atom is -0.381 e. The third-order valence-corrected chi connectivity index (χ3v) is 14.4. The average molecular weight is 855 g/mol. The number of hydrogen-bond acceptors (Lipinski definition) is 11. The number of fused-ring (bicyclic) bond motifs is 4. The first-order valence-electron chi connectivity index (χ1n) is 23.5. The lowest BCUT2D eigenvalue weighted by Crippen LogP contribution is -2.47. The first-order valence-corrected chi connectivity index (χ1v) is 23.5. The number of piperidine rings is 1. The average Bonchev–Trinajstić information content (AvgIpc) is 3.58. The standard InChI is InChI=1S/C50H62N8O5/c1-33-32-62-34(2)29-55(33)40-16-22-44-46(28-40)57(50(60)35-11-17-41(61-3)18-12-35)31-38-10-8-24-52-48(38)58(44)63-42-19-13-36(14-20-42)49(59)56-30-37-9-7-23-51-47(37)53-43-21-15-39(27-45(43)56)54-25-5-4-6-26-54/h7-10,15-16,21-24,27-28,33-36,41-42H,4-6,11-14,17-20,25-26,29-32H2,1-3H3,(H,51,53)/t33-,34-,35?,36?,41?,42?/m0/s1. The quantitative estimate of drug-likeness (QED) is 0.192. The maximum absolute atomic E-state index is 14.9. The molecule has 0 radical (unpaired) electrons. The van der Waals surface area contributed by atoms with Gasteiger partial charge in [0.25, 0.3) is 0 Å². The molecule has 332 valence electrons. The second-order valence-corrected chi connectivity index (χ2v) is 18.6. The third-order valence-electron chi connectivity index (χ3n) is 14.4. The molecule has 2 aromatic heterocycles. The normalized spacial score (nSPS) is 26.0. The molecule has 1 N–H and O–H groups in total. The Balaban J connectivity index is 0.924. The Morgan fingerprint density at radius 2 is 1.37 bits per heavy atom. The molecule has 0 spiro atoms. The minimum absolute atomic E-state index is 0.0938. The molecule has 6 heterocycles. The fourth-order valence-electron chi connectivity index (χ4n) is 10.8. The van der Waals surface area contributed by atoms with Crippen molar-refractivity contribution in [2.75, 3.05) is 63.3 Å². The number of benzene rings is 2. The zero-order valence-corrected chi connectivity index (χ0v) is 37.1. The van der Waals surface area contributed by atoms with E-state index >= 15 is 0 Å². The van der Waals surface area contributed by atoms with Crippen LogP contribution in [0.15, 0.2) is 73.1 Å². The van der Waals surface area contributed by atoms with E-state index in [2.05, 4.69) is 82.5 Å². The van der Waals surface area contributed by atoms with Crippen molar-refractivity contribution in [3.63, 3.8) is 0 Å². The van der Waals surface area contributed by atoms with Gasteiger partial charge in [0, 0.05) is 79.5 Å². The lowest BCUT2D eigenvalue weighted by molar-refractivity contribution is -0.125. The number of rotatable bonds is 7. The van der Waals surface area contributed by atoms with Crippen LogP contribution in [0.5, 0.6) is 0 Å². The smallest absolute Gasteiger partial charge is 0.230 e. The van der Waals surface area contributed by atoms with Gasteiger partial charge in [0.1, 0.15) is 5.82 Å². The Kier molecular flexibility index (Phi) is 12.0. The predicted octanol–water partition coefficient (Wildman–Crippen LogP) is 9.05. The van der Waals surface area contributed by atoms with Crippen molar-refractivity contribution in [3.8, 4) is 0 Å². The summed E-state index contributed by atoms with van der Waals surface area (Å²) in [6, 6.07) is 21.1. The first-order chi connectivity index (χ1) is 30.8. The third kappa shape index (κ3) is 8.47. The van der Waals surface area contributed by atoms with Crippen LogP contribution in [0.3, 0.4) is 0 Å². The summed E-state index contributed by atoms with van der Waals surface area (Å²) in [6.45, 7) is 8.63. The number of morpholine rings is 1. The summed E-state index contributed by atoms with van der Waals surface area (Å²) < 4.78 is 11.7. The van der Waals surface area contributed by atoms with Crippen LogP contribution in [0.25, 0.3) is 0 Å². The van der Waals surface area contributed by atoms with Crippen LogP contribution in [0.4, 0.5) is 45.8 Å². The molecule has 6 aliphatic rings. The monoisotopic (exact) mass is 854 g/mol. The van der Waals surface area contributed by atoms with Crippen molar-refractivity contribution in [2.45, 2.75) is 122 Å². The van der Waals surface area contributed by atoms with E-state index in [-0.39, 0.29) is 48.0 Å². The fourth-order valence-corrected chi connectivity index (χ4v) is 10.8. The molecule has 2 aromatic carbocycles. The van der Waals surface area contributed by atoms with Gasteiger partial charge in [-0.25, -0.2) is 15.0 Å². The topological polar surface area (TPSA) is 116 Å². The van der Waals surface area contributed by atoms with Crippen molar-refractivity contribution in [1.29, 1.82) is 0 Å². The maximum Gasteiger partial charge on any atom is 0.230 e. The number of ether oxygens (including phenoxy) is 2. The van der Waals surface area contributed by atoms with Gasteiger partial charge in [-0.1, -0.05) is 12.1 Å². The number of aromatic nitrogens is 2. The van der Waals surface area contributed by atoms with Crippen molar-refractivity contribution >= 4 is 57.6 Å². The molecular weight excluding hydrogens is 793 g/mol. The van der Waals surface area contributed by atoms with E-state index in [1.165, 1.54) is 19.3 Å². The maximum atomic E-state index is 14.9. The van der Waals surface area contributed by atoms with Crippen LogP contribution in [0.2, 0.25) is 0 Å². The van der Waals surface area contributed by atoms with E-state index in [9.17, 15) is 9.59 Å². The Morgan fingerprint density at radius 1 is 0.714 bits per heavy atom. The lowest BCUT2D eigenvalue weighted by atomic mass is 9.86. The van der Waals surface area contributed by atoms with Crippen LogP contribution >= 0.6 is 0 Å². The molecular formula is C50H62N8O5. The highest BCUT2D eigenvalue weighted by atomic mass is 16.7. The molecule has 2 amide bonds. The van der Waals surface area contributed by atoms with Gasteiger partial charge < -0.3 is 34.4 Å². The summed E-state index contributed by atoms with van der Waals surface area (Å²) >= 11 is 0. The highest BCUT2D eigenvalue weighted by Crippen LogP contribution is 2.46. The van der Waals surface area contributed by atoms with Crippen molar-refractivity contribution in [1.82, 2.24) is 9.97 Å². The van der Waals surface area contributed by atoms with Crippen molar-refractivity contribution in [3.05, 3.63) is 84.2 Å². The summed E-state index contributed by atoms with van der Waals surface area (Å²) in [5.74, 6) is 1.52. The number of pyridine rings is 2. The van der Waals surface area contributed by atoms with Gasteiger partial charge in [-0.15, -0.1) is 0 Å². The molecule has 4 aromatic rings. The Labute approximate surface area is 371 Å². The number of methoxy groups -OCH3 is 1. The van der Waals surface area contributed by atoms with Crippen LogP contribution in [-0.2, 0) is 37.0 Å². The Morgan fingerprint density at radius 3 is 2.11 bits per heavy atom. The van der Waals surface area contributed by atoms with Crippen molar-refractivity contribution < 1.29 is 23.9 Å². The first kappa shape index (κ1) is 41.8. The molecule has 13 nitrogen and oxygen atoms in total. The van der Waals surface area contributed by atoms with Gasteiger partial charge in [0.2, 0.25) is 11.8 Å². The largest absolute Gasteiger partial charge is 0.381 e. The van der Waals surface area contributed by atoms with Crippen molar-refractivity contribution in [2.24, 2.45) is 11.8 Å². The summed E-state index contributed by atoms with van der Waals surface area (Å²) in [4.78, 5) is 55.2. The van der Waals surface area contributed by atoms with Gasteiger partial charge >= 0.3 is 0 Å². The van der Waals surface area contributed by atoms with E-state index in [4.69, 9.17) is 19.3 Å². The SMILES string of the molecule is COC1CCC(C(=O)N2Cc3cccnc3N(OC3CCC(C(=O)N4Cc5cccnc5Nc5ccc(N6CCCCC6)cc54)CC3)c3ccc(N4C[C@H](C)OC[C@@H]4C)cc32)CC1. The van der Waals surface area contributed by atoms with E-state index < -0.39 is 0 Å². The summed E-state index contributed by atoms with van der Waals surface area (Å²) in [5, 5.41) is 5.45. The molecule has 4 aliphatic heterocycles. The highest BCUT2D eigenvalue weighted by Gasteiger charge is 2.39. The van der Waals surface area contributed by atoms with Gasteiger partial charge in [0.15, 0.2) is 5.82 Å². The molecule has 2 saturated carbocycles. The van der Waals surface area contributed by atoms with Gasteiger partial charge in [-0.2, -0.15) is 0 Å². The predicted molar refractivity (Wildman–Crippen MR) is 247 cm³/mol. The number of nitrogens with one attached hydrogen (secondary N) is 1. The van der Waals surface area contributed by atoms with Crippen LogP contribution in [0, 0.1) is 11.8 Å².